The number of hydrogen-bond donors (Lipinski definition) is 0. The van der Waals surface area contributed by atoms with Crippen LogP contribution in [0.5, 0.6) is 11.5 Å². The van der Waals surface area contributed by atoms with E-state index in [2.05, 4.69) is 0 Å². The van der Waals surface area contributed by atoms with Gasteiger partial charge in [-0.3, -0.25) is 0 Å². The molecule has 19 heavy (non-hydrogen) atoms. The van der Waals surface area contributed by atoms with Gasteiger partial charge in [0.2, 0.25) is 9.84 Å². The lowest BCUT2D eigenvalue weighted by molar-refractivity contribution is 0.413. The van der Waals surface area contributed by atoms with Crippen molar-refractivity contribution >= 4 is 9.84 Å². The first-order valence-corrected chi connectivity index (χ1v) is 7.09. The first-order valence-electron chi connectivity index (χ1n) is 5.61. The van der Waals surface area contributed by atoms with Crippen molar-refractivity contribution in [2.24, 2.45) is 0 Å². The number of sulfone groups is 1. The molecule has 5 heteroatoms. The van der Waals surface area contributed by atoms with Gasteiger partial charge in [0, 0.05) is 0 Å². The van der Waals surface area contributed by atoms with E-state index in [1.54, 1.807) is 24.3 Å². The van der Waals surface area contributed by atoms with Gasteiger partial charge in [0.05, 0.1) is 24.0 Å². The monoisotopic (exact) mass is 278 g/mol. The Balaban J connectivity index is 2.51. The van der Waals surface area contributed by atoms with Crippen molar-refractivity contribution in [3.63, 3.8) is 0 Å². The second kappa shape index (κ2) is 5.32. The average Bonchev–Trinajstić information content (AvgIpc) is 2.47. The van der Waals surface area contributed by atoms with E-state index >= 15 is 0 Å². The summed E-state index contributed by atoms with van der Waals surface area (Å²) >= 11 is 0. The SMILES string of the molecule is COc1cccc(S(=O)(=O)c2cccc(OC)c2)c1. The smallest absolute Gasteiger partial charge is 0.206 e. The zero-order valence-corrected chi connectivity index (χ0v) is 11.5. The molecule has 0 aliphatic carbocycles. The molecule has 0 saturated heterocycles. The summed E-state index contributed by atoms with van der Waals surface area (Å²) in [5.41, 5.74) is 0. The van der Waals surface area contributed by atoms with Crippen LogP contribution in [0.3, 0.4) is 0 Å². The molecule has 0 aliphatic rings. The van der Waals surface area contributed by atoms with Gasteiger partial charge in [-0.1, -0.05) is 12.1 Å². The number of benzene rings is 2. The Morgan fingerprint density at radius 1 is 0.789 bits per heavy atom. The second-order valence-corrected chi connectivity index (χ2v) is 5.81. The third kappa shape index (κ3) is 2.71. The van der Waals surface area contributed by atoms with Gasteiger partial charge in [-0.05, 0) is 36.4 Å². The molecule has 0 radical (unpaired) electrons. The molecule has 0 fully saturated rings. The van der Waals surface area contributed by atoms with Crippen LogP contribution in [0, 0.1) is 0 Å². The second-order valence-electron chi connectivity index (χ2n) is 3.86. The maximum Gasteiger partial charge on any atom is 0.206 e. The predicted molar refractivity (Wildman–Crippen MR) is 71.4 cm³/mol. The third-order valence-corrected chi connectivity index (χ3v) is 4.45. The van der Waals surface area contributed by atoms with E-state index in [0.29, 0.717) is 11.5 Å². The van der Waals surface area contributed by atoms with Gasteiger partial charge in [0.1, 0.15) is 11.5 Å². The van der Waals surface area contributed by atoms with Crippen LogP contribution in [-0.4, -0.2) is 22.6 Å². The molecule has 0 heterocycles. The molecule has 0 saturated carbocycles. The lowest BCUT2D eigenvalue weighted by Gasteiger charge is -2.07. The Kier molecular flexibility index (Phi) is 3.76. The molecule has 4 nitrogen and oxygen atoms in total. The molecule has 2 aromatic carbocycles. The van der Waals surface area contributed by atoms with Gasteiger partial charge in [0.25, 0.3) is 0 Å². The zero-order valence-electron chi connectivity index (χ0n) is 10.7. The lowest BCUT2D eigenvalue weighted by Crippen LogP contribution is -2.02. The van der Waals surface area contributed by atoms with Crippen LogP contribution in [0.2, 0.25) is 0 Å². The van der Waals surface area contributed by atoms with Crippen molar-refractivity contribution in [2.45, 2.75) is 9.79 Å². The van der Waals surface area contributed by atoms with Gasteiger partial charge in [-0.2, -0.15) is 0 Å². The predicted octanol–water partition coefficient (Wildman–Crippen LogP) is 2.54. The van der Waals surface area contributed by atoms with Crippen LogP contribution in [0.1, 0.15) is 0 Å². The molecule has 0 atom stereocenters. The standard InChI is InChI=1S/C14H14O4S/c1-17-11-5-3-7-13(9-11)19(15,16)14-8-4-6-12(10-14)18-2/h3-10H,1-2H3. The fourth-order valence-corrected chi connectivity index (χ4v) is 3.00. The van der Waals surface area contributed by atoms with Gasteiger partial charge < -0.3 is 9.47 Å². The van der Waals surface area contributed by atoms with Crippen molar-refractivity contribution in [3.05, 3.63) is 48.5 Å². The quantitative estimate of drug-likeness (QED) is 0.862. The van der Waals surface area contributed by atoms with E-state index in [-0.39, 0.29) is 9.79 Å². The highest BCUT2D eigenvalue weighted by molar-refractivity contribution is 7.91. The van der Waals surface area contributed by atoms with Gasteiger partial charge in [-0.15, -0.1) is 0 Å². The molecule has 0 unspecified atom stereocenters. The largest absolute Gasteiger partial charge is 0.497 e. The van der Waals surface area contributed by atoms with E-state index < -0.39 is 9.84 Å². The van der Waals surface area contributed by atoms with E-state index in [1.165, 1.54) is 38.5 Å². The normalized spacial score (nSPS) is 11.1. The highest BCUT2D eigenvalue weighted by Gasteiger charge is 2.18. The molecule has 0 aliphatic heterocycles. The Bertz CT molecular complexity index is 624. The van der Waals surface area contributed by atoms with Gasteiger partial charge in [-0.25, -0.2) is 8.42 Å². The lowest BCUT2D eigenvalue weighted by atomic mass is 10.3. The van der Waals surface area contributed by atoms with Crippen molar-refractivity contribution in [3.8, 4) is 11.5 Å². The molecule has 0 spiro atoms. The molecular formula is C14H14O4S. The topological polar surface area (TPSA) is 52.6 Å². The van der Waals surface area contributed by atoms with Crippen molar-refractivity contribution < 1.29 is 17.9 Å². The van der Waals surface area contributed by atoms with Crippen LogP contribution in [-0.2, 0) is 9.84 Å². The molecule has 2 rings (SSSR count). The summed E-state index contributed by atoms with van der Waals surface area (Å²) < 4.78 is 35.0. The molecule has 0 N–H and O–H groups in total. The summed E-state index contributed by atoms with van der Waals surface area (Å²) in [7, 11) is -0.570. The first-order chi connectivity index (χ1) is 9.07. The minimum absolute atomic E-state index is 0.195. The Hall–Kier alpha value is -2.01. The number of ether oxygens (including phenoxy) is 2. The summed E-state index contributed by atoms with van der Waals surface area (Å²) in [5, 5.41) is 0. The Morgan fingerprint density at radius 3 is 1.58 bits per heavy atom. The minimum Gasteiger partial charge on any atom is -0.497 e. The number of rotatable bonds is 4. The summed E-state index contributed by atoms with van der Waals surface area (Å²) in [5.74, 6) is 1.01. The minimum atomic E-state index is -3.56. The maximum atomic E-state index is 12.5. The van der Waals surface area contributed by atoms with Crippen LogP contribution in [0.4, 0.5) is 0 Å². The van der Waals surface area contributed by atoms with Crippen LogP contribution in [0.15, 0.2) is 58.3 Å². The summed E-state index contributed by atoms with van der Waals surface area (Å²) in [4.78, 5) is 0.389. The number of methoxy groups -OCH3 is 2. The van der Waals surface area contributed by atoms with Crippen LogP contribution in [0.25, 0.3) is 0 Å². The van der Waals surface area contributed by atoms with Crippen LogP contribution >= 0.6 is 0 Å². The highest BCUT2D eigenvalue weighted by atomic mass is 32.2. The molecular weight excluding hydrogens is 264 g/mol. The summed E-state index contributed by atoms with van der Waals surface area (Å²) in [6, 6.07) is 12.8. The molecule has 0 bridgehead atoms. The molecule has 0 aromatic heterocycles. The number of hydrogen-bond acceptors (Lipinski definition) is 4. The summed E-state index contributed by atoms with van der Waals surface area (Å²) in [6.07, 6.45) is 0. The van der Waals surface area contributed by atoms with Crippen molar-refractivity contribution in [1.82, 2.24) is 0 Å². The average molecular weight is 278 g/mol. The van der Waals surface area contributed by atoms with E-state index in [9.17, 15) is 8.42 Å². The van der Waals surface area contributed by atoms with Crippen molar-refractivity contribution in [2.75, 3.05) is 14.2 Å². The third-order valence-electron chi connectivity index (χ3n) is 2.70. The molecule has 100 valence electrons. The fraction of sp³-hybridized carbons (Fsp3) is 0.143. The van der Waals surface area contributed by atoms with Gasteiger partial charge >= 0.3 is 0 Å². The summed E-state index contributed by atoms with van der Waals surface area (Å²) in [6.45, 7) is 0. The van der Waals surface area contributed by atoms with E-state index in [1.807, 2.05) is 0 Å². The van der Waals surface area contributed by atoms with Crippen LogP contribution < -0.4 is 9.47 Å². The van der Waals surface area contributed by atoms with E-state index in [0.717, 1.165) is 0 Å². The Labute approximate surface area is 112 Å². The molecule has 2 aromatic rings. The van der Waals surface area contributed by atoms with E-state index in [4.69, 9.17) is 9.47 Å². The zero-order chi connectivity index (χ0) is 13.9. The first kappa shape index (κ1) is 13.4. The molecule has 0 amide bonds. The van der Waals surface area contributed by atoms with Crippen molar-refractivity contribution in [1.29, 1.82) is 0 Å². The Morgan fingerprint density at radius 2 is 1.21 bits per heavy atom. The fourth-order valence-electron chi connectivity index (χ4n) is 1.67. The highest BCUT2D eigenvalue weighted by Crippen LogP contribution is 2.26. The maximum absolute atomic E-state index is 12.5. The van der Waals surface area contributed by atoms with Gasteiger partial charge in [0.15, 0.2) is 0 Å².